The number of nitrogens with zero attached hydrogens (tertiary/aromatic N) is 5. The lowest BCUT2D eigenvalue weighted by molar-refractivity contribution is 0.0690. The fourth-order valence-electron chi connectivity index (χ4n) is 4.72. The van der Waals surface area contributed by atoms with Gasteiger partial charge < -0.3 is 10.6 Å². The van der Waals surface area contributed by atoms with Crippen LogP contribution in [0.5, 0.6) is 0 Å². The number of alkyl halides is 2. The number of rotatable bonds is 9. The lowest BCUT2D eigenvalue weighted by atomic mass is 9.92. The highest BCUT2D eigenvalue weighted by atomic mass is 19.3. The lowest BCUT2D eigenvalue weighted by Gasteiger charge is -2.31. The number of carbonyl (C=O) groups excluding carboxylic acids is 1. The molecule has 1 aromatic carbocycles. The number of aromatic nitrogens is 2. The van der Waals surface area contributed by atoms with Gasteiger partial charge in [-0.2, -0.15) is 10.4 Å². The summed E-state index contributed by atoms with van der Waals surface area (Å²) in [5, 5.41) is 22.5. The molecular weight excluding hydrogens is 466 g/mol. The summed E-state index contributed by atoms with van der Waals surface area (Å²) in [4.78, 5) is 18.8. The zero-order valence-electron chi connectivity index (χ0n) is 20.3. The number of piperidine rings is 1. The van der Waals surface area contributed by atoms with Gasteiger partial charge in [-0.15, -0.1) is 0 Å². The van der Waals surface area contributed by atoms with Crippen molar-refractivity contribution in [2.45, 2.75) is 44.9 Å². The Morgan fingerprint density at radius 1 is 1.28 bits per heavy atom. The number of carbonyl (C=O) groups is 1. The molecule has 0 saturated carbocycles. The second kappa shape index (κ2) is 12.1. The van der Waals surface area contributed by atoms with Crippen molar-refractivity contribution in [3.63, 3.8) is 0 Å². The van der Waals surface area contributed by atoms with Crippen molar-refractivity contribution in [1.82, 2.24) is 25.3 Å². The van der Waals surface area contributed by atoms with Crippen LogP contribution in [0.4, 0.5) is 14.5 Å². The monoisotopic (exact) mass is 498 g/mol. The predicted molar refractivity (Wildman–Crippen MR) is 133 cm³/mol. The van der Waals surface area contributed by atoms with E-state index in [1.165, 1.54) is 0 Å². The van der Waals surface area contributed by atoms with Gasteiger partial charge >= 0.3 is 0 Å². The minimum absolute atomic E-state index is 0.0291. The number of hydrogen-bond acceptors (Lipinski definition) is 7. The predicted octanol–water partition coefficient (Wildman–Crippen LogP) is 2.85. The Morgan fingerprint density at radius 3 is 2.69 bits per heavy atom. The fourth-order valence-corrected chi connectivity index (χ4v) is 4.72. The van der Waals surface area contributed by atoms with Gasteiger partial charge in [0.05, 0.1) is 36.3 Å². The maximum Gasteiger partial charge on any atom is 0.252 e. The van der Waals surface area contributed by atoms with Crippen molar-refractivity contribution in [3.05, 3.63) is 47.8 Å². The summed E-state index contributed by atoms with van der Waals surface area (Å²) in [5.74, 6) is -0.0406. The average molecular weight is 499 g/mol. The summed E-state index contributed by atoms with van der Waals surface area (Å²) in [6.07, 6.45) is 3.60. The SMILES string of the molecule is CCC1CNC(Nc2cnn(C3CCN(CC(F)F)CC3)c2)N=C1c1ccc(C(=O)NCC#N)cc1. The molecule has 0 bridgehead atoms. The molecule has 36 heavy (non-hydrogen) atoms. The largest absolute Gasteiger partial charge is 0.349 e. The minimum Gasteiger partial charge on any atom is -0.349 e. The maximum atomic E-state index is 12.6. The summed E-state index contributed by atoms with van der Waals surface area (Å²) in [5.41, 5.74) is 3.26. The summed E-state index contributed by atoms with van der Waals surface area (Å²) in [6, 6.07) is 9.38. The van der Waals surface area contributed by atoms with Crippen molar-refractivity contribution >= 4 is 17.3 Å². The van der Waals surface area contributed by atoms with E-state index in [0.29, 0.717) is 18.7 Å². The molecule has 2 aromatic rings. The van der Waals surface area contributed by atoms with Crippen LogP contribution < -0.4 is 16.0 Å². The van der Waals surface area contributed by atoms with E-state index in [2.05, 4.69) is 28.0 Å². The van der Waals surface area contributed by atoms with E-state index in [0.717, 1.165) is 42.8 Å². The number of amides is 1. The highest BCUT2D eigenvalue weighted by Gasteiger charge is 2.26. The number of hydrogen-bond donors (Lipinski definition) is 3. The Balaban J connectivity index is 1.40. The molecule has 1 aromatic heterocycles. The molecule has 4 rings (SSSR count). The summed E-state index contributed by atoms with van der Waals surface area (Å²) >= 11 is 0. The number of nitriles is 1. The third-order valence-electron chi connectivity index (χ3n) is 6.71. The van der Waals surface area contributed by atoms with Crippen molar-refractivity contribution in [3.8, 4) is 6.07 Å². The number of anilines is 1. The molecule has 1 amide bonds. The molecule has 2 atom stereocenters. The molecule has 2 aliphatic heterocycles. The molecule has 11 heteroatoms. The number of nitrogens with one attached hydrogen (secondary N) is 3. The van der Waals surface area contributed by atoms with Crippen LogP contribution >= 0.6 is 0 Å². The van der Waals surface area contributed by atoms with Gasteiger partial charge in [-0.05, 0) is 37.0 Å². The lowest BCUT2D eigenvalue weighted by Crippen LogP contribution is -2.45. The van der Waals surface area contributed by atoms with E-state index in [9.17, 15) is 13.6 Å². The van der Waals surface area contributed by atoms with Gasteiger partial charge in [0.25, 0.3) is 12.3 Å². The molecule has 0 aliphatic carbocycles. The zero-order chi connectivity index (χ0) is 25.5. The van der Waals surface area contributed by atoms with Crippen LogP contribution in [0.25, 0.3) is 0 Å². The van der Waals surface area contributed by atoms with Crippen LogP contribution in [0, 0.1) is 17.2 Å². The first-order valence-electron chi connectivity index (χ1n) is 12.3. The third kappa shape index (κ3) is 6.44. The van der Waals surface area contributed by atoms with Crippen LogP contribution in [-0.4, -0.2) is 71.7 Å². The normalized spacial score (nSPS) is 21.1. The molecular formula is C25H32F2N8O. The standard InChI is InChI=1S/C25H32F2N8O/c1-2-17-13-30-25(33-23(17)18-3-5-19(6-4-18)24(36)29-10-9-28)32-20-14-31-35(15-20)21-7-11-34(12-8-21)16-22(26)27/h3-6,14-15,17,21-22,25,30,32H,2,7-8,10-13,16H2,1H3,(H,29,36). The van der Waals surface area contributed by atoms with E-state index < -0.39 is 6.43 Å². The Hall–Kier alpha value is -3.36. The first-order chi connectivity index (χ1) is 17.5. The van der Waals surface area contributed by atoms with E-state index in [-0.39, 0.29) is 37.2 Å². The van der Waals surface area contributed by atoms with E-state index in [1.807, 2.05) is 29.1 Å². The second-order valence-electron chi connectivity index (χ2n) is 9.12. The van der Waals surface area contributed by atoms with Gasteiger partial charge in [-0.25, -0.2) is 13.8 Å². The molecule has 2 aliphatic rings. The number of benzene rings is 1. The third-order valence-corrected chi connectivity index (χ3v) is 6.71. The quantitative estimate of drug-likeness (QED) is 0.459. The topological polar surface area (TPSA) is 110 Å². The average Bonchev–Trinajstić information content (AvgIpc) is 3.36. The molecule has 192 valence electrons. The zero-order valence-corrected chi connectivity index (χ0v) is 20.3. The second-order valence-corrected chi connectivity index (χ2v) is 9.12. The molecule has 9 nitrogen and oxygen atoms in total. The smallest absolute Gasteiger partial charge is 0.252 e. The fraction of sp³-hybridized carbons (Fsp3) is 0.520. The van der Waals surface area contributed by atoms with Crippen molar-refractivity contribution in [2.75, 3.05) is 38.0 Å². The van der Waals surface area contributed by atoms with Gasteiger partial charge in [0, 0.05) is 37.3 Å². The van der Waals surface area contributed by atoms with Gasteiger partial charge in [0.15, 0.2) is 6.29 Å². The summed E-state index contributed by atoms with van der Waals surface area (Å²) < 4.78 is 27.2. The highest BCUT2D eigenvalue weighted by Crippen LogP contribution is 2.24. The van der Waals surface area contributed by atoms with Gasteiger partial charge in [-0.3, -0.25) is 19.7 Å². The van der Waals surface area contributed by atoms with Crippen molar-refractivity contribution in [1.29, 1.82) is 5.26 Å². The Labute approximate surface area is 209 Å². The van der Waals surface area contributed by atoms with Crippen LogP contribution in [0.15, 0.2) is 41.7 Å². The molecule has 1 saturated heterocycles. The van der Waals surface area contributed by atoms with Crippen molar-refractivity contribution in [2.24, 2.45) is 10.9 Å². The molecule has 2 unspecified atom stereocenters. The first kappa shape index (κ1) is 25.7. The molecule has 0 spiro atoms. The van der Waals surface area contributed by atoms with Crippen LogP contribution in [0.2, 0.25) is 0 Å². The van der Waals surface area contributed by atoms with Crippen LogP contribution in [0.1, 0.15) is 48.1 Å². The Kier molecular flexibility index (Phi) is 8.61. The minimum atomic E-state index is -2.30. The summed E-state index contributed by atoms with van der Waals surface area (Å²) in [7, 11) is 0. The maximum absolute atomic E-state index is 12.6. The van der Waals surface area contributed by atoms with Crippen LogP contribution in [0.3, 0.4) is 0 Å². The van der Waals surface area contributed by atoms with Crippen molar-refractivity contribution < 1.29 is 13.6 Å². The highest BCUT2D eigenvalue weighted by molar-refractivity contribution is 6.04. The molecule has 1 fully saturated rings. The van der Waals surface area contributed by atoms with Gasteiger partial charge in [0.1, 0.15) is 6.54 Å². The van der Waals surface area contributed by atoms with E-state index in [4.69, 9.17) is 10.3 Å². The molecule has 3 N–H and O–H groups in total. The number of likely N-dealkylation sites (tertiary alicyclic amines) is 1. The first-order valence-corrected chi connectivity index (χ1v) is 12.3. The Morgan fingerprint density at radius 2 is 2.03 bits per heavy atom. The van der Waals surface area contributed by atoms with E-state index in [1.54, 1.807) is 23.2 Å². The van der Waals surface area contributed by atoms with Crippen LogP contribution in [-0.2, 0) is 0 Å². The van der Waals surface area contributed by atoms with Gasteiger partial charge in [-0.1, -0.05) is 19.1 Å². The number of aliphatic imine (C=N–C) groups is 1. The molecule has 3 heterocycles. The summed E-state index contributed by atoms with van der Waals surface area (Å²) in [6.45, 7) is 3.98. The van der Waals surface area contributed by atoms with E-state index >= 15 is 0 Å². The Bertz CT molecular complexity index is 1090. The molecule has 0 radical (unpaired) electrons. The number of halogens is 2. The van der Waals surface area contributed by atoms with Gasteiger partial charge in [0.2, 0.25) is 0 Å².